The van der Waals surface area contributed by atoms with E-state index in [0.717, 1.165) is 26.3 Å². The van der Waals surface area contributed by atoms with Crippen LogP contribution in [-0.4, -0.2) is 79.8 Å². The summed E-state index contributed by atoms with van der Waals surface area (Å²) in [6, 6.07) is 3.15. The van der Waals surface area contributed by atoms with E-state index in [-0.39, 0.29) is 114 Å². The van der Waals surface area contributed by atoms with Crippen LogP contribution in [0.1, 0.15) is 86.8 Å². The van der Waals surface area contributed by atoms with Gasteiger partial charge in [0.05, 0.1) is 0 Å². The molecule has 0 aromatic heterocycles. The number of aliphatic imine (C=N–C) groups is 2. The number of fused-ring (bicyclic) bond motifs is 2. The van der Waals surface area contributed by atoms with Crippen LogP contribution in [0.15, 0.2) is 22.1 Å². The molecule has 4 rings (SSSR count). The first kappa shape index (κ1) is 45.5. The molecule has 14 nitrogen and oxygen atoms in total. The molecule has 0 aliphatic carbocycles. The van der Waals surface area contributed by atoms with Crippen molar-refractivity contribution in [2.45, 2.75) is 78.0 Å². The van der Waals surface area contributed by atoms with Gasteiger partial charge in [-0.15, -0.1) is 0 Å². The summed E-state index contributed by atoms with van der Waals surface area (Å²) in [5.74, 6) is -4.54. The van der Waals surface area contributed by atoms with E-state index in [0.29, 0.717) is 11.1 Å². The molecule has 0 radical (unpaired) electrons. The van der Waals surface area contributed by atoms with Gasteiger partial charge in [-0.2, -0.15) is 0 Å². The molecule has 2 unspecified atom stereocenters. The largest absolute Gasteiger partial charge is 1.00 e. The van der Waals surface area contributed by atoms with Gasteiger partial charge < -0.3 is 39.7 Å². The predicted molar refractivity (Wildman–Crippen MR) is 188 cm³/mol. The molecule has 0 amide bonds. The normalized spacial score (nSPS) is 13.7. The average molecular weight is 777 g/mol. The molecule has 4 aromatic carbocycles. The third kappa shape index (κ3) is 8.21. The molecule has 18 heteroatoms. The summed E-state index contributed by atoms with van der Waals surface area (Å²) in [6.07, 6.45) is 1.70. The maximum atomic E-state index is 12.0. The Morgan fingerprint density at radius 2 is 0.846 bits per heavy atom. The minimum Gasteiger partial charge on any atom is -0.746 e. The predicted octanol–water partition coefficient (Wildman–Crippen LogP) is -0.615. The molecule has 0 heterocycles. The zero-order valence-electron chi connectivity index (χ0n) is 30.5. The number of rotatable bonds is 9. The smallest absolute Gasteiger partial charge is 0.746 e. The maximum absolute atomic E-state index is 12.0. The van der Waals surface area contributed by atoms with Crippen LogP contribution < -0.4 is 59.1 Å². The van der Waals surface area contributed by atoms with Crippen LogP contribution in [0.4, 0.5) is 0 Å². The number of phenols is 6. The first-order valence-electron chi connectivity index (χ1n) is 15.4. The van der Waals surface area contributed by atoms with E-state index in [1.807, 2.05) is 0 Å². The molecule has 0 fully saturated rings. The van der Waals surface area contributed by atoms with Gasteiger partial charge in [-0.3, -0.25) is 9.98 Å². The van der Waals surface area contributed by atoms with Gasteiger partial charge in [-0.25, -0.2) is 16.8 Å². The summed E-state index contributed by atoms with van der Waals surface area (Å²) >= 11 is 0. The van der Waals surface area contributed by atoms with Gasteiger partial charge >= 0.3 is 59.1 Å². The monoisotopic (exact) mass is 776 g/mol. The third-order valence-electron chi connectivity index (χ3n) is 8.65. The Labute approximate surface area is 346 Å². The number of nitrogens with zero attached hydrogens (tertiary/aromatic N) is 2. The van der Waals surface area contributed by atoms with Gasteiger partial charge in [0.25, 0.3) is 0 Å². The number of phenolic OH excluding ortho intramolecular Hbond substituents is 6. The van der Waals surface area contributed by atoms with Crippen LogP contribution >= 0.6 is 0 Å². The van der Waals surface area contributed by atoms with Gasteiger partial charge in [-0.1, -0.05) is 39.8 Å². The van der Waals surface area contributed by atoms with Gasteiger partial charge in [-0.05, 0) is 61.4 Å². The Bertz CT molecular complexity index is 2190. The molecule has 6 N–H and O–H groups in total. The quantitative estimate of drug-likeness (QED) is 0.0538. The zero-order valence-corrected chi connectivity index (χ0v) is 36.1. The number of benzene rings is 4. The molecule has 270 valence electrons. The fourth-order valence-electron chi connectivity index (χ4n) is 6.13. The van der Waals surface area contributed by atoms with Crippen molar-refractivity contribution in [3.63, 3.8) is 0 Å². The van der Waals surface area contributed by atoms with Gasteiger partial charge in [0.1, 0.15) is 42.5 Å². The van der Waals surface area contributed by atoms with Crippen molar-refractivity contribution in [1.82, 2.24) is 0 Å². The molecular formula is C34H38N2Na2O12S2. The van der Waals surface area contributed by atoms with Crippen LogP contribution in [0.5, 0.6) is 34.5 Å². The third-order valence-corrected chi connectivity index (χ3v) is 10.6. The van der Waals surface area contributed by atoms with Crippen molar-refractivity contribution in [2.24, 2.45) is 9.98 Å². The van der Waals surface area contributed by atoms with E-state index in [1.165, 1.54) is 0 Å². The number of hydrogen-bond donors (Lipinski definition) is 6. The average Bonchev–Trinajstić information content (AvgIpc) is 2.98. The molecule has 0 spiro atoms. The van der Waals surface area contributed by atoms with Crippen LogP contribution in [-0.2, 0) is 20.2 Å². The second-order valence-electron chi connectivity index (χ2n) is 12.8. The molecule has 52 heavy (non-hydrogen) atoms. The number of aromatic hydroxyl groups is 6. The van der Waals surface area contributed by atoms with Gasteiger partial charge in [0, 0.05) is 56.6 Å². The van der Waals surface area contributed by atoms with E-state index in [1.54, 1.807) is 53.7 Å². The van der Waals surface area contributed by atoms with Crippen LogP contribution in [0, 0.1) is 13.8 Å². The van der Waals surface area contributed by atoms with E-state index in [4.69, 9.17) is 0 Å². The number of aryl methyl sites for hydroxylation is 2. The Morgan fingerprint density at radius 3 is 1.10 bits per heavy atom. The summed E-state index contributed by atoms with van der Waals surface area (Å²) in [7, 11) is -9.79. The molecule has 0 saturated carbocycles. The van der Waals surface area contributed by atoms with Crippen LogP contribution in [0.25, 0.3) is 32.7 Å². The van der Waals surface area contributed by atoms with E-state index >= 15 is 0 Å². The first-order chi connectivity index (χ1) is 22.9. The molecule has 0 saturated heterocycles. The molecular weight excluding hydrogens is 738 g/mol. The fraction of sp³-hybridized carbons (Fsp3) is 0.353. The summed E-state index contributed by atoms with van der Waals surface area (Å²) in [6.45, 7) is 12.1. The topological polar surface area (TPSA) is 260 Å². The molecule has 0 bridgehead atoms. The van der Waals surface area contributed by atoms with E-state index in [2.05, 4.69) is 9.98 Å². The van der Waals surface area contributed by atoms with Crippen molar-refractivity contribution >= 4 is 54.2 Å². The summed E-state index contributed by atoms with van der Waals surface area (Å²) < 4.78 is 69.4. The second-order valence-corrected chi connectivity index (χ2v) is 16.1. The Morgan fingerprint density at radius 1 is 0.558 bits per heavy atom. The summed E-state index contributed by atoms with van der Waals surface area (Å²) in [5, 5.41) is 65.1. The molecule has 2 atom stereocenters. The zero-order chi connectivity index (χ0) is 37.9. The van der Waals surface area contributed by atoms with Gasteiger partial charge in [0.15, 0.2) is 23.0 Å². The van der Waals surface area contributed by atoms with Crippen LogP contribution in [0.2, 0.25) is 0 Å². The van der Waals surface area contributed by atoms with Crippen molar-refractivity contribution in [3.05, 3.63) is 45.5 Å². The molecule has 4 aromatic rings. The summed E-state index contributed by atoms with van der Waals surface area (Å²) in [4.78, 5) is 7.51. The Kier molecular flexibility index (Phi) is 14.3. The number of hydrogen-bond acceptors (Lipinski definition) is 14. The Balaban J connectivity index is 0.00000468. The van der Waals surface area contributed by atoms with Crippen molar-refractivity contribution in [2.75, 3.05) is 0 Å². The maximum Gasteiger partial charge on any atom is 1.00 e. The molecule has 0 aliphatic rings. The minimum atomic E-state index is -4.90. The van der Waals surface area contributed by atoms with E-state index in [9.17, 15) is 56.6 Å². The summed E-state index contributed by atoms with van der Waals surface area (Å²) in [5.41, 5.74) is 0.533. The van der Waals surface area contributed by atoms with Crippen LogP contribution in [0.3, 0.4) is 0 Å². The first-order valence-corrected chi connectivity index (χ1v) is 18.3. The van der Waals surface area contributed by atoms with Crippen molar-refractivity contribution < 1.29 is 116 Å². The SMILES string of the molecule is Cc1cc2c(C(C)C)c(O)c(O)c(/C=N/C(C)S(=O)(=O)[O-])c2c(O)c1-c1c(C)cc2c(C(C)C)c(O)c(O)c(/C=N/C(C)S(=O)(=O)[O-])c2c1O.[Na+].[Na+]. The Hall–Kier alpha value is -2.64. The van der Waals surface area contributed by atoms with Crippen molar-refractivity contribution in [1.29, 1.82) is 0 Å². The minimum absolute atomic E-state index is 0. The standard InChI is InChI=1S/C34H40N2O12S2.2Na/c1-13(2)23-19-9-15(5)25(31(39)27(19)21(29(37)33(23)41)11-35-17(7)49(43,44)45)26-16(6)10-20-24(14(3)4)34(42)30(38)22(28(20)32(26)40)12-36-18(8)50(46,47)48;;/h9-14,17-18,37-42H,1-8H3,(H,43,44,45)(H,46,47,48);;/q;2*+1/p-2/b35-11+,36-12+;;. The van der Waals surface area contributed by atoms with Crippen molar-refractivity contribution in [3.8, 4) is 45.6 Å². The molecule has 0 aliphatic heterocycles. The second kappa shape index (κ2) is 16.4. The fourth-order valence-corrected chi connectivity index (χ4v) is 6.55. The van der Waals surface area contributed by atoms with E-state index < -0.39 is 77.3 Å². The van der Waals surface area contributed by atoms with Gasteiger partial charge in [0.2, 0.25) is 0 Å².